The van der Waals surface area contributed by atoms with Gasteiger partial charge in [-0.25, -0.2) is 9.78 Å². The first-order valence-electron chi connectivity index (χ1n) is 6.99. The number of imidazole rings is 1. The van der Waals surface area contributed by atoms with Gasteiger partial charge >= 0.3 is 5.97 Å². The van der Waals surface area contributed by atoms with Crippen LogP contribution in [0.4, 0.5) is 0 Å². The molecule has 5 nitrogen and oxygen atoms in total. The van der Waals surface area contributed by atoms with Crippen LogP contribution in [-0.2, 0) is 9.53 Å². The van der Waals surface area contributed by atoms with E-state index in [-0.39, 0.29) is 11.3 Å². The summed E-state index contributed by atoms with van der Waals surface area (Å²) < 4.78 is 6.86. The van der Waals surface area contributed by atoms with E-state index in [9.17, 15) is 4.79 Å². The molecule has 0 saturated carbocycles. The number of carbonyl (C=O) groups excluding carboxylic acids is 1. The van der Waals surface area contributed by atoms with E-state index >= 15 is 0 Å². The molecule has 0 amide bonds. The van der Waals surface area contributed by atoms with Crippen LogP contribution in [0.3, 0.4) is 0 Å². The van der Waals surface area contributed by atoms with Gasteiger partial charge < -0.3 is 9.30 Å². The van der Waals surface area contributed by atoms with Gasteiger partial charge in [-0.2, -0.15) is 0 Å². The number of carbonyl (C=O) groups is 1. The third kappa shape index (κ3) is 3.18. The highest BCUT2D eigenvalue weighted by atomic mass is 35.5. The number of ether oxygens (including phenoxy) is 1. The van der Waals surface area contributed by atoms with Gasteiger partial charge in [0, 0.05) is 6.20 Å². The van der Waals surface area contributed by atoms with Crippen LogP contribution in [0.5, 0.6) is 0 Å². The average Bonchev–Trinajstić information content (AvgIpc) is 2.83. The topological polar surface area (TPSA) is 57.0 Å². The van der Waals surface area contributed by atoms with E-state index < -0.39 is 6.04 Å². The van der Waals surface area contributed by atoms with E-state index in [0.29, 0.717) is 18.2 Å². The summed E-state index contributed by atoms with van der Waals surface area (Å²) in [6.07, 6.45) is 4.03. The molecule has 0 saturated heterocycles. The van der Waals surface area contributed by atoms with E-state index in [2.05, 4.69) is 23.8 Å². The lowest BCUT2D eigenvalue weighted by Gasteiger charge is -2.22. The Labute approximate surface area is 129 Å². The number of hydrogen-bond donors (Lipinski definition) is 0. The molecular formula is C15H20ClN3O2. The molecule has 6 heteroatoms. The first kappa shape index (κ1) is 15.8. The summed E-state index contributed by atoms with van der Waals surface area (Å²) in [5.41, 5.74) is 1.58. The van der Waals surface area contributed by atoms with Gasteiger partial charge in [0.25, 0.3) is 0 Å². The largest absolute Gasteiger partial charge is 0.467 e. The highest BCUT2D eigenvalue weighted by molar-refractivity contribution is 6.20. The number of pyridine rings is 1. The second-order valence-electron chi connectivity index (χ2n) is 5.49. The standard InChI is InChI=1S/C15H20ClN3O2/c1-9(2)7-13(15(20)21-4)19-12-5-6-17-8-11(12)18-14(19)10(3)16/h5-6,8-10,13H,7H2,1-4H3. The van der Waals surface area contributed by atoms with E-state index in [1.165, 1.54) is 7.11 Å². The van der Waals surface area contributed by atoms with Crippen LogP contribution in [0.25, 0.3) is 11.0 Å². The van der Waals surface area contributed by atoms with Crippen molar-refractivity contribution in [1.29, 1.82) is 0 Å². The number of aromatic nitrogens is 3. The van der Waals surface area contributed by atoms with Crippen LogP contribution in [0.15, 0.2) is 18.5 Å². The Morgan fingerprint density at radius 3 is 2.71 bits per heavy atom. The number of alkyl halides is 1. The lowest BCUT2D eigenvalue weighted by atomic mass is 10.0. The first-order valence-corrected chi connectivity index (χ1v) is 7.43. The third-order valence-corrected chi connectivity index (χ3v) is 3.55. The quantitative estimate of drug-likeness (QED) is 0.626. The smallest absolute Gasteiger partial charge is 0.328 e. The van der Waals surface area contributed by atoms with E-state index in [0.717, 1.165) is 11.0 Å². The van der Waals surface area contributed by atoms with Gasteiger partial charge in [0.2, 0.25) is 0 Å². The van der Waals surface area contributed by atoms with Crippen molar-refractivity contribution < 1.29 is 9.53 Å². The molecule has 0 radical (unpaired) electrons. The third-order valence-electron chi connectivity index (χ3n) is 3.35. The second-order valence-corrected chi connectivity index (χ2v) is 6.14. The minimum atomic E-state index is -0.432. The van der Waals surface area contributed by atoms with Crippen molar-refractivity contribution in [1.82, 2.24) is 14.5 Å². The van der Waals surface area contributed by atoms with Crippen molar-refractivity contribution in [3.8, 4) is 0 Å². The number of rotatable bonds is 5. The Hall–Kier alpha value is -1.62. The number of halogens is 1. The second kappa shape index (κ2) is 6.43. The summed E-state index contributed by atoms with van der Waals surface area (Å²) in [7, 11) is 1.40. The van der Waals surface area contributed by atoms with Crippen molar-refractivity contribution in [3.63, 3.8) is 0 Å². The zero-order valence-electron chi connectivity index (χ0n) is 12.7. The number of fused-ring (bicyclic) bond motifs is 1. The van der Waals surface area contributed by atoms with Crippen molar-refractivity contribution in [2.24, 2.45) is 5.92 Å². The van der Waals surface area contributed by atoms with E-state index in [1.54, 1.807) is 12.4 Å². The van der Waals surface area contributed by atoms with Crippen LogP contribution in [0, 0.1) is 5.92 Å². The summed E-state index contributed by atoms with van der Waals surface area (Å²) in [5, 5.41) is -0.309. The molecule has 0 aromatic carbocycles. The zero-order chi connectivity index (χ0) is 15.6. The molecule has 0 spiro atoms. The van der Waals surface area contributed by atoms with Gasteiger partial charge in [-0.05, 0) is 25.3 Å². The maximum Gasteiger partial charge on any atom is 0.328 e. The molecule has 0 aliphatic carbocycles. The minimum absolute atomic E-state index is 0.279. The van der Waals surface area contributed by atoms with Crippen LogP contribution in [0.1, 0.15) is 44.4 Å². The summed E-state index contributed by atoms with van der Waals surface area (Å²) in [5.74, 6) is 0.723. The molecule has 2 rings (SSSR count). The highest BCUT2D eigenvalue weighted by Gasteiger charge is 2.28. The Morgan fingerprint density at radius 1 is 1.43 bits per heavy atom. The molecule has 0 fully saturated rings. The predicted octanol–water partition coefficient (Wildman–Crippen LogP) is 3.49. The fraction of sp³-hybridized carbons (Fsp3) is 0.533. The van der Waals surface area contributed by atoms with E-state index in [4.69, 9.17) is 16.3 Å². The Morgan fingerprint density at radius 2 is 2.14 bits per heavy atom. The minimum Gasteiger partial charge on any atom is -0.467 e. The van der Waals surface area contributed by atoms with Crippen LogP contribution in [-0.4, -0.2) is 27.6 Å². The first-order chi connectivity index (χ1) is 9.95. The molecule has 2 atom stereocenters. The summed E-state index contributed by atoms with van der Waals surface area (Å²) >= 11 is 6.25. The Balaban J connectivity index is 2.64. The number of hydrogen-bond acceptors (Lipinski definition) is 4. The van der Waals surface area contributed by atoms with Crippen molar-refractivity contribution in [2.75, 3.05) is 7.11 Å². The number of esters is 1. The fourth-order valence-corrected chi connectivity index (χ4v) is 2.62. The van der Waals surface area contributed by atoms with Gasteiger partial charge in [-0.1, -0.05) is 13.8 Å². The summed E-state index contributed by atoms with van der Waals surface area (Å²) in [6, 6.07) is 1.42. The SMILES string of the molecule is COC(=O)C(CC(C)C)n1c(C(C)Cl)nc2cnccc21. The fourth-order valence-electron chi connectivity index (χ4n) is 2.47. The molecule has 2 aromatic heterocycles. The molecule has 0 aliphatic heterocycles. The Kier molecular flexibility index (Phi) is 4.83. The molecule has 2 unspecified atom stereocenters. The van der Waals surface area contributed by atoms with E-state index in [1.807, 2.05) is 17.6 Å². The summed E-state index contributed by atoms with van der Waals surface area (Å²) in [6.45, 7) is 5.98. The monoisotopic (exact) mass is 309 g/mol. The number of nitrogens with zero attached hydrogens (tertiary/aromatic N) is 3. The maximum atomic E-state index is 12.2. The zero-order valence-corrected chi connectivity index (χ0v) is 13.5. The van der Waals surface area contributed by atoms with Gasteiger partial charge in [-0.15, -0.1) is 11.6 Å². The van der Waals surface area contributed by atoms with Gasteiger partial charge in [0.05, 0.1) is 24.2 Å². The molecule has 2 heterocycles. The van der Waals surface area contributed by atoms with Crippen LogP contribution in [0.2, 0.25) is 0 Å². The maximum absolute atomic E-state index is 12.2. The molecule has 0 aliphatic rings. The molecule has 0 bridgehead atoms. The lowest BCUT2D eigenvalue weighted by Crippen LogP contribution is -2.24. The van der Waals surface area contributed by atoms with Gasteiger partial charge in [0.15, 0.2) is 0 Å². The van der Waals surface area contributed by atoms with Crippen molar-refractivity contribution >= 4 is 28.6 Å². The molecule has 0 N–H and O–H groups in total. The van der Waals surface area contributed by atoms with Gasteiger partial charge in [0.1, 0.15) is 17.4 Å². The highest BCUT2D eigenvalue weighted by Crippen LogP contribution is 2.31. The number of methoxy groups -OCH3 is 1. The summed E-state index contributed by atoms with van der Waals surface area (Å²) in [4.78, 5) is 20.8. The average molecular weight is 310 g/mol. The van der Waals surface area contributed by atoms with Crippen molar-refractivity contribution in [3.05, 3.63) is 24.3 Å². The van der Waals surface area contributed by atoms with Crippen LogP contribution >= 0.6 is 11.6 Å². The van der Waals surface area contributed by atoms with Crippen LogP contribution < -0.4 is 0 Å². The molecular weight excluding hydrogens is 290 g/mol. The normalized spacial score (nSPS) is 14.4. The lowest BCUT2D eigenvalue weighted by molar-refractivity contribution is -0.145. The van der Waals surface area contributed by atoms with Crippen molar-refractivity contribution in [2.45, 2.75) is 38.6 Å². The molecule has 21 heavy (non-hydrogen) atoms. The predicted molar refractivity (Wildman–Crippen MR) is 82.3 cm³/mol. The molecule has 114 valence electrons. The Bertz CT molecular complexity index is 637. The van der Waals surface area contributed by atoms with Gasteiger partial charge in [-0.3, -0.25) is 4.98 Å². The molecule has 2 aromatic rings.